The van der Waals surface area contributed by atoms with Gasteiger partial charge in [0.25, 0.3) is 0 Å². The van der Waals surface area contributed by atoms with Crippen LogP contribution in [0.15, 0.2) is 48.6 Å². The minimum absolute atomic E-state index is 0.261. The normalized spacial score (nSPS) is 17.9. The van der Waals surface area contributed by atoms with E-state index < -0.39 is 0 Å². The molecule has 1 aliphatic rings. The predicted octanol–water partition coefficient (Wildman–Crippen LogP) is 2.31. The van der Waals surface area contributed by atoms with Gasteiger partial charge in [0, 0.05) is 5.56 Å². The molecule has 96 valence electrons. The van der Waals surface area contributed by atoms with Crippen LogP contribution in [0.4, 0.5) is 0 Å². The molecule has 0 amide bonds. The fourth-order valence-corrected chi connectivity index (χ4v) is 2.28. The Bertz CT molecular complexity index is 677. The molecule has 1 aliphatic carbocycles. The van der Waals surface area contributed by atoms with Crippen LogP contribution in [0.3, 0.4) is 0 Å². The molecule has 1 unspecified atom stereocenters. The van der Waals surface area contributed by atoms with Gasteiger partial charge >= 0.3 is 0 Å². The summed E-state index contributed by atoms with van der Waals surface area (Å²) < 4.78 is 0. The molecule has 2 aromatic rings. The average Bonchev–Trinajstić information content (AvgIpc) is 2.48. The van der Waals surface area contributed by atoms with E-state index in [9.17, 15) is 0 Å². The van der Waals surface area contributed by atoms with Gasteiger partial charge in [-0.25, -0.2) is 15.0 Å². The quantitative estimate of drug-likeness (QED) is 0.777. The first kappa shape index (κ1) is 12.8. The second-order valence-electron chi connectivity index (χ2n) is 4.89. The van der Waals surface area contributed by atoms with Crippen LogP contribution in [0.2, 0.25) is 0 Å². The van der Waals surface area contributed by atoms with Gasteiger partial charge in [0.2, 0.25) is 0 Å². The van der Waals surface area contributed by atoms with Gasteiger partial charge < -0.3 is 0 Å². The lowest BCUT2D eigenvalue weighted by atomic mass is 9.92. The Morgan fingerprint density at radius 3 is 2.55 bits per heavy atom. The van der Waals surface area contributed by atoms with Crippen LogP contribution in [-0.4, -0.2) is 22.8 Å². The van der Waals surface area contributed by atoms with Crippen LogP contribution in [0.25, 0.3) is 17.0 Å². The lowest BCUT2D eigenvalue weighted by Crippen LogP contribution is -2.19. The van der Waals surface area contributed by atoms with Crippen LogP contribution in [0.5, 0.6) is 0 Å². The van der Waals surface area contributed by atoms with Crippen LogP contribution in [0, 0.1) is 5.92 Å². The molecule has 0 saturated carbocycles. The van der Waals surface area contributed by atoms with E-state index in [2.05, 4.69) is 34.0 Å². The molecule has 0 aliphatic heterocycles. The monoisotopic (exact) mass is 259 g/mol. The number of benzene rings is 1. The molecule has 0 N–H and O–H groups in total. The molecule has 4 heteroatoms. The smallest absolute Gasteiger partial charge is 0.170 e. The van der Waals surface area contributed by atoms with Gasteiger partial charge in [-0.1, -0.05) is 55.5 Å². The van der Waals surface area contributed by atoms with Crippen LogP contribution >= 0.6 is 0 Å². The van der Waals surface area contributed by atoms with Crippen molar-refractivity contribution in [3.63, 3.8) is 0 Å². The zero-order valence-corrected chi connectivity index (χ0v) is 11.3. The molecule has 2 radical (unpaired) electrons. The van der Waals surface area contributed by atoms with Crippen molar-refractivity contribution < 1.29 is 0 Å². The summed E-state index contributed by atoms with van der Waals surface area (Å²) in [5, 5.41) is 0. The van der Waals surface area contributed by atoms with Gasteiger partial charge in [0.05, 0.1) is 5.72 Å². The Morgan fingerprint density at radius 2 is 1.80 bits per heavy atom. The maximum absolute atomic E-state index is 5.84. The van der Waals surface area contributed by atoms with Crippen molar-refractivity contribution in [2.45, 2.75) is 13.3 Å². The summed E-state index contributed by atoms with van der Waals surface area (Å²) in [6, 6.07) is 9.82. The van der Waals surface area contributed by atoms with E-state index in [1.807, 2.05) is 36.4 Å². The Hall–Kier alpha value is -2.23. The van der Waals surface area contributed by atoms with Gasteiger partial charge in [0.15, 0.2) is 19.5 Å². The van der Waals surface area contributed by atoms with Crippen molar-refractivity contribution in [2.75, 3.05) is 0 Å². The van der Waals surface area contributed by atoms with Crippen molar-refractivity contribution in [3.8, 4) is 11.4 Å². The third kappa shape index (κ3) is 2.55. The van der Waals surface area contributed by atoms with Crippen LogP contribution in [-0.2, 0) is 0 Å². The summed E-state index contributed by atoms with van der Waals surface area (Å²) in [5.74, 6) is 1.69. The predicted molar refractivity (Wildman–Crippen MR) is 81.5 cm³/mol. The zero-order chi connectivity index (χ0) is 13.9. The van der Waals surface area contributed by atoms with Crippen molar-refractivity contribution in [3.05, 3.63) is 54.4 Å². The second-order valence-corrected chi connectivity index (χ2v) is 4.89. The van der Waals surface area contributed by atoms with Gasteiger partial charge in [0.1, 0.15) is 0 Å². The molecule has 1 atom stereocenters. The molecule has 0 bridgehead atoms. The van der Waals surface area contributed by atoms with E-state index in [1.165, 1.54) is 0 Å². The highest BCUT2D eigenvalue weighted by Crippen LogP contribution is 2.27. The van der Waals surface area contributed by atoms with E-state index in [0.717, 1.165) is 17.6 Å². The summed E-state index contributed by atoms with van der Waals surface area (Å²) in [6.07, 6.45) is 7.24. The minimum atomic E-state index is 0.261. The SMILES string of the molecule is [B]c1nc(C2=CC=CCC2C)nc(-c2ccccc2)n1. The highest BCUT2D eigenvalue weighted by atomic mass is 15.0. The van der Waals surface area contributed by atoms with Crippen molar-refractivity contribution in [2.24, 2.45) is 5.92 Å². The largest absolute Gasteiger partial charge is 0.226 e. The number of hydrogen-bond acceptors (Lipinski definition) is 3. The summed E-state index contributed by atoms with van der Waals surface area (Å²) in [5.41, 5.74) is 2.32. The number of aromatic nitrogens is 3. The molecule has 0 spiro atoms. The lowest BCUT2D eigenvalue weighted by Gasteiger charge is -2.16. The van der Waals surface area contributed by atoms with Crippen molar-refractivity contribution in [1.29, 1.82) is 0 Å². The maximum Gasteiger partial charge on any atom is 0.170 e. The standard InChI is InChI=1S/C16H14BN3/c1-11-7-5-6-10-13(11)15-18-14(19-16(17)20-15)12-8-3-2-4-9-12/h2-6,8-11H,7H2,1H3. The Morgan fingerprint density at radius 1 is 1.05 bits per heavy atom. The fourth-order valence-electron chi connectivity index (χ4n) is 2.28. The molecule has 1 aromatic heterocycles. The second kappa shape index (κ2) is 5.41. The molecule has 0 saturated heterocycles. The Balaban J connectivity index is 2.08. The number of nitrogens with zero attached hydrogens (tertiary/aromatic N) is 3. The van der Waals surface area contributed by atoms with E-state index in [-0.39, 0.29) is 5.72 Å². The highest BCUT2D eigenvalue weighted by Gasteiger charge is 2.16. The zero-order valence-electron chi connectivity index (χ0n) is 11.3. The van der Waals surface area contributed by atoms with E-state index in [1.54, 1.807) is 0 Å². The average molecular weight is 259 g/mol. The van der Waals surface area contributed by atoms with Crippen molar-refractivity contribution in [1.82, 2.24) is 15.0 Å². The first-order valence-corrected chi connectivity index (χ1v) is 6.68. The van der Waals surface area contributed by atoms with Crippen LogP contribution in [0.1, 0.15) is 19.2 Å². The molecule has 0 fully saturated rings. The first-order chi connectivity index (χ1) is 9.74. The van der Waals surface area contributed by atoms with E-state index in [4.69, 9.17) is 7.85 Å². The first-order valence-electron chi connectivity index (χ1n) is 6.68. The molecular weight excluding hydrogens is 245 g/mol. The molecular formula is C16H14BN3. The Kier molecular flexibility index (Phi) is 3.46. The summed E-state index contributed by atoms with van der Waals surface area (Å²) in [6.45, 7) is 2.16. The fraction of sp³-hybridized carbons (Fsp3) is 0.188. The minimum Gasteiger partial charge on any atom is -0.226 e. The number of allylic oxidation sites excluding steroid dienone is 4. The van der Waals surface area contributed by atoms with Gasteiger partial charge in [-0.2, -0.15) is 0 Å². The topological polar surface area (TPSA) is 38.7 Å². The van der Waals surface area contributed by atoms with E-state index >= 15 is 0 Å². The van der Waals surface area contributed by atoms with Crippen molar-refractivity contribution >= 4 is 19.1 Å². The summed E-state index contributed by atoms with van der Waals surface area (Å²) in [4.78, 5) is 13.1. The third-order valence-electron chi connectivity index (χ3n) is 3.38. The summed E-state index contributed by atoms with van der Waals surface area (Å²) in [7, 11) is 5.84. The number of rotatable bonds is 2. The third-order valence-corrected chi connectivity index (χ3v) is 3.38. The van der Waals surface area contributed by atoms with Gasteiger partial charge in [-0.15, -0.1) is 0 Å². The summed E-state index contributed by atoms with van der Waals surface area (Å²) >= 11 is 0. The maximum atomic E-state index is 5.84. The number of hydrogen-bond donors (Lipinski definition) is 0. The van der Waals surface area contributed by atoms with Gasteiger partial charge in [-0.05, 0) is 17.9 Å². The molecule has 1 heterocycles. The lowest BCUT2D eigenvalue weighted by molar-refractivity contribution is 0.748. The Labute approximate surface area is 119 Å². The highest BCUT2D eigenvalue weighted by molar-refractivity contribution is 6.29. The molecule has 3 nitrogen and oxygen atoms in total. The van der Waals surface area contributed by atoms with Crippen LogP contribution < -0.4 is 5.72 Å². The van der Waals surface area contributed by atoms with Gasteiger partial charge in [-0.3, -0.25) is 0 Å². The molecule has 3 rings (SSSR count). The van der Waals surface area contributed by atoms with E-state index in [0.29, 0.717) is 17.6 Å². The molecule has 20 heavy (non-hydrogen) atoms. The molecule has 1 aromatic carbocycles.